The summed E-state index contributed by atoms with van der Waals surface area (Å²) in [5, 5.41) is 2.74. The lowest BCUT2D eigenvalue weighted by molar-refractivity contribution is -0.110. The Labute approximate surface area is 192 Å². The summed E-state index contributed by atoms with van der Waals surface area (Å²) in [4.78, 5) is 16.1. The van der Waals surface area contributed by atoms with Crippen LogP contribution in [0.5, 0.6) is 0 Å². The minimum atomic E-state index is -3.71. The van der Waals surface area contributed by atoms with Crippen molar-refractivity contribution in [3.8, 4) is 11.1 Å². The number of sulfonamides is 1. The number of carbonyl (C=O) groups excluding carboxylic acids is 1. The highest BCUT2D eigenvalue weighted by Crippen LogP contribution is 2.39. The van der Waals surface area contributed by atoms with E-state index in [2.05, 4.69) is 10.3 Å². The number of anilines is 1. The molecule has 3 aromatic rings. The van der Waals surface area contributed by atoms with Gasteiger partial charge in [-0.25, -0.2) is 21.1 Å². The Morgan fingerprint density at radius 2 is 1.64 bits per heavy atom. The van der Waals surface area contributed by atoms with Crippen LogP contribution in [0.3, 0.4) is 0 Å². The third kappa shape index (κ3) is 4.01. The van der Waals surface area contributed by atoms with Gasteiger partial charge in [-0.3, -0.25) is 4.79 Å². The number of benzene rings is 2. The van der Waals surface area contributed by atoms with Gasteiger partial charge >= 0.3 is 0 Å². The summed E-state index contributed by atoms with van der Waals surface area (Å²) < 4.78 is 51.5. The van der Waals surface area contributed by atoms with Gasteiger partial charge in [0, 0.05) is 48.6 Å². The fraction of sp³-hybridized carbons (Fsp3) is 0.174. The van der Waals surface area contributed by atoms with Gasteiger partial charge in [0.1, 0.15) is 0 Å². The van der Waals surface area contributed by atoms with E-state index in [4.69, 9.17) is 0 Å². The largest absolute Gasteiger partial charge is 0.357 e. The van der Waals surface area contributed by atoms with E-state index < -0.39 is 25.8 Å². The number of aromatic amines is 1. The molecule has 4 rings (SSSR count). The number of hydrogen-bond donors (Lipinski definition) is 2. The quantitative estimate of drug-likeness (QED) is 0.539. The molecule has 2 N–H and O–H groups in total. The third-order valence-electron chi connectivity index (χ3n) is 5.43. The molecule has 10 heteroatoms. The van der Waals surface area contributed by atoms with E-state index in [1.807, 2.05) is 6.07 Å². The Bertz CT molecular complexity index is 1520. The van der Waals surface area contributed by atoms with Gasteiger partial charge in [0.25, 0.3) is 5.91 Å². The van der Waals surface area contributed by atoms with E-state index >= 15 is 0 Å². The molecule has 0 saturated heterocycles. The number of fused-ring (bicyclic) bond motifs is 1. The topological polar surface area (TPSA) is 116 Å². The highest BCUT2D eigenvalue weighted by atomic mass is 32.2. The summed E-state index contributed by atoms with van der Waals surface area (Å²) in [6.07, 6.45) is 2.71. The van der Waals surface area contributed by atoms with E-state index in [0.29, 0.717) is 33.8 Å². The predicted octanol–water partition coefficient (Wildman–Crippen LogP) is 3.14. The van der Waals surface area contributed by atoms with Gasteiger partial charge in [0.05, 0.1) is 15.4 Å². The lowest BCUT2D eigenvalue weighted by Gasteiger charge is -2.12. The molecule has 0 radical (unpaired) electrons. The van der Waals surface area contributed by atoms with E-state index in [-0.39, 0.29) is 15.4 Å². The Morgan fingerprint density at radius 3 is 2.24 bits per heavy atom. The van der Waals surface area contributed by atoms with Gasteiger partial charge in [-0.2, -0.15) is 0 Å². The second kappa shape index (κ2) is 7.98. The van der Waals surface area contributed by atoms with Crippen LogP contribution >= 0.6 is 0 Å². The monoisotopic (exact) mass is 485 g/mol. The zero-order valence-corrected chi connectivity index (χ0v) is 20.1. The number of carbonyl (C=O) groups is 1. The van der Waals surface area contributed by atoms with Crippen LogP contribution < -0.4 is 5.32 Å². The molecule has 33 heavy (non-hydrogen) atoms. The fourth-order valence-electron chi connectivity index (χ4n) is 3.92. The molecule has 172 valence electrons. The highest BCUT2D eigenvalue weighted by molar-refractivity contribution is 7.91. The van der Waals surface area contributed by atoms with Crippen LogP contribution in [-0.4, -0.2) is 52.4 Å². The van der Waals surface area contributed by atoms with Crippen molar-refractivity contribution in [1.82, 2.24) is 9.29 Å². The number of nitrogens with zero attached hydrogens (tertiary/aromatic N) is 1. The van der Waals surface area contributed by atoms with Crippen LogP contribution in [0.2, 0.25) is 0 Å². The van der Waals surface area contributed by atoms with Crippen LogP contribution in [0.4, 0.5) is 5.69 Å². The first-order chi connectivity index (χ1) is 15.4. The van der Waals surface area contributed by atoms with Crippen LogP contribution in [0.1, 0.15) is 17.0 Å². The summed E-state index contributed by atoms with van der Waals surface area (Å²) >= 11 is 0. The lowest BCUT2D eigenvalue weighted by Crippen LogP contribution is -2.22. The first-order valence-corrected chi connectivity index (χ1v) is 13.3. The third-order valence-corrected chi connectivity index (χ3v) is 8.50. The maximum Gasteiger partial charge on any atom is 0.256 e. The molecule has 2 heterocycles. The molecule has 0 fully saturated rings. The second-order valence-electron chi connectivity index (χ2n) is 8.01. The van der Waals surface area contributed by atoms with Crippen molar-refractivity contribution in [2.75, 3.05) is 25.7 Å². The first kappa shape index (κ1) is 23.0. The maximum absolute atomic E-state index is 12.8. The molecule has 0 saturated carbocycles. The number of H-pyrrole nitrogens is 1. The Hall–Kier alpha value is -3.21. The Morgan fingerprint density at radius 1 is 0.970 bits per heavy atom. The normalized spacial score (nSPS) is 15.2. The maximum atomic E-state index is 12.8. The minimum absolute atomic E-state index is 0.0522. The molecule has 0 aliphatic carbocycles. The first-order valence-electron chi connectivity index (χ1n) is 9.99. The average molecular weight is 486 g/mol. The SMILES string of the molecule is Cc1[nH]c(C=C2C(=O)Nc3ccc(S(=O)(=O)N(C)C)cc32)c(-c2ccccc2)c1S(C)(=O)=O. The highest BCUT2D eigenvalue weighted by Gasteiger charge is 2.29. The van der Waals surface area contributed by atoms with Crippen LogP contribution in [0.15, 0.2) is 58.3 Å². The van der Waals surface area contributed by atoms with Gasteiger partial charge in [0.15, 0.2) is 9.84 Å². The van der Waals surface area contributed by atoms with Gasteiger partial charge in [-0.1, -0.05) is 30.3 Å². The van der Waals surface area contributed by atoms with Crippen LogP contribution in [0.25, 0.3) is 22.8 Å². The number of aryl methyl sites for hydroxylation is 1. The van der Waals surface area contributed by atoms with E-state index in [9.17, 15) is 21.6 Å². The van der Waals surface area contributed by atoms with Crippen molar-refractivity contribution in [2.45, 2.75) is 16.7 Å². The fourth-order valence-corrected chi connectivity index (χ4v) is 6.05. The van der Waals surface area contributed by atoms with Crippen molar-refractivity contribution >= 4 is 43.1 Å². The molecular weight excluding hydrogens is 462 g/mol. The smallest absolute Gasteiger partial charge is 0.256 e. The molecule has 0 bridgehead atoms. The number of sulfone groups is 1. The number of nitrogens with one attached hydrogen (secondary N) is 2. The van der Waals surface area contributed by atoms with Gasteiger partial charge in [-0.15, -0.1) is 0 Å². The van der Waals surface area contributed by atoms with Crippen molar-refractivity contribution in [2.24, 2.45) is 0 Å². The molecule has 0 atom stereocenters. The molecule has 2 aromatic carbocycles. The van der Waals surface area contributed by atoms with Crippen molar-refractivity contribution in [3.05, 3.63) is 65.5 Å². The van der Waals surface area contributed by atoms with Crippen molar-refractivity contribution in [1.29, 1.82) is 0 Å². The lowest BCUT2D eigenvalue weighted by atomic mass is 10.0. The molecule has 0 unspecified atom stereocenters. The Balaban J connectivity index is 1.96. The van der Waals surface area contributed by atoms with E-state index in [0.717, 1.165) is 10.6 Å². The number of amides is 1. The van der Waals surface area contributed by atoms with Gasteiger partial charge < -0.3 is 10.3 Å². The number of rotatable bonds is 5. The standard InChI is InChI=1S/C23H23N3O5S2/c1-14-22(32(4,28)29)21(15-8-6-5-7-9-15)20(24-14)13-18-17-12-16(33(30,31)26(2)3)10-11-19(17)25-23(18)27/h5-13,24H,1-4H3,(H,25,27). The summed E-state index contributed by atoms with van der Waals surface area (Å²) in [7, 11) is -4.42. The molecule has 0 spiro atoms. The summed E-state index contributed by atoms with van der Waals surface area (Å²) in [6.45, 7) is 1.66. The van der Waals surface area contributed by atoms with Crippen molar-refractivity contribution < 1.29 is 21.6 Å². The molecule has 1 aromatic heterocycles. The second-order valence-corrected chi connectivity index (χ2v) is 12.1. The molecule has 8 nitrogen and oxygen atoms in total. The molecule has 1 aliphatic heterocycles. The summed E-state index contributed by atoms with van der Waals surface area (Å²) in [6, 6.07) is 13.5. The summed E-state index contributed by atoms with van der Waals surface area (Å²) in [5.74, 6) is -0.406. The number of hydrogen-bond acceptors (Lipinski definition) is 5. The van der Waals surface area contributed by atoms with Crippen molar-refractivity contribution in [3.63, 3.8) is 0 Å². The molecule has 1 aliphatic rings. The van der Waals surface area contributed by atoms with E-state index in [1.165, 1.54) is 26.2 Å². The van der Waals surface area contributed by atoms with Gasteiger partial charge in [-0.05, 0) is 36.8 Å². The zero-order chi connectivity index (χ0) is 24.1. The zero-order valence-electron chi connectivity index (χ0n) is 18.5. The average Bonchev–Trinajstić information content (AvgIpc) is 3.24. The van der Waals surface area contributed by atoms with E-state index in [1.54, 1.807) is 43.3 Å². The van der Waals surface area contributed by atoms with Crippen LogP contribution in [-0.2, 0) is 24.7 Å². The van der Waals surface area contributed by atoms with Gasteiger partial charge in [0.2, 0.25) is 10.0 Å². The molecular formula is C23H23N3O5S2. The number of aromatic nitrogens is 1. The van der Waals surface area contributed by atoms with Crippen LogP contribution in [0, 0.1) is 6.92 Å². The molecule has 1 amide bonds. The predicted molar refractivity (Wildman–Crippen MR) is 128 cm³/mol. The minimum Gasteiger partial charge on any atom is -0.357 e. The Kier molecular flexibility index (Phi) is 5.55. The summed E-state index contributed by atoms with van der Waals surface area (Å²) in [5.41, 5.74) is 3.17.